The second-order valence-electron chi connectivity index (χ2n) is 7.64. The molecule has 0 fully saturated rings. The molecule has 0 saturated carbocycles. The molecule has 0 bridgehead atoms. The third kappa shape index (κ3) is 2.81. The summed E-state index contributed by atoms with van der Waals surface area (Å²) in [5.74, 6) is 2.36. The highest BCUT2D eigenvalue weighted by molar-refractivity contribution is 5.87. The fourth-order valence-corrected chi connectivity index (χ4v) is 3.11. The largest absolute Gasteiger partial charge is 0.459 e. The van der Waals surface area contributed by atoms with Gasteiger partial charge in [0.05, 0.1) is 23.2 Å². The maximum atomic E-state index is 5.98. The summed E-state index contributed by atoms with van der Waals surface area (Å²) in [7, 11) is 0. The first-order valence-electron chi connectivity index (χ1n) is 8.81. The molecular formula is C20H23N5O. The van der Waals surface area contributed by atoms with Crippen LogP contribution in [0.2, 0.25) is 0 Å². The summed E-state index contributed by atoms with van der Waals surface area (Å²) in [6.45, 7) is 10.3. The minimum Gasteiger partial charge on any atom is -0.459 e. The Labute approximate surface area is 152 Å². The molecule has 0 aliphatic carbocycles. The SMILES string of the molecule is Cc1nc(N[C@@H](C)c2cc3ccccc3o2)c2cnn(C(C)(C)C)c2n1. The Kier molecular flexibility index (Phi) is 3.72. The number of furan rings is 1. The minimum atomic E-state index is -0.149. The van der Waals surface area contributed by atoms with Gasteiger partial charge < -0.3 is 9.73 Å². The molecule has 0 radical (unpaired) electrons. The van der Waals surface area contributed by atoms with Crippen LogP contribution in [-0.2, 0) is 5.54 Å². The lowest BCUT2D eigenvalue weighted by Crippen LogP contribution is -2.23. The zero-order valence-corrected chi connectivity index (χ0v) is 15.7. The number of nitrogens with one attached hydrogen (secondary N) is 1. The van der Waals surface area contributed by atoms with E-state index in [0.29, 0.717) is 5.82 Å². The van der Waals surface area contributed by atoms with Crippen LogP contribution >= 0.6 is 0 Å². The van der Waals surface area contributed by atoms with E-state index in [2.05, 4.69) is 60.2 Å². The maximum Gasteiger partial charge on any atom is 0.164 e. The molecule has 26 heavy (non-hydrogen) atoms. The van der Waals surface area contributed by atoms with Gasteiger partial charge in [-0.1, -0.05) is 18.2 Å². The molecule has 4 rings (SSSR count). The third-order valence-corrected chi connectivity index (χ3v) is 4.40. The van der Waals surface area contributed by atoms with Crippen LogP contribution in [0.3, 0.4) is 0 Å². The number of nitrogens with zero attached hydrogens (tertiary/aromatic N) is 4. The van der Waals surface area contributed by atoms with Crippen LogP contribution in [0.25, 0.3) is 22.0 Å². The Morgan fingerprint density at radius 2 is 1.92 bits per heavy atom. The second kappa shape index (κ2) is 5.83. The number of para-hydroxylation sites is 1. The van der Waals surface area contributed by atoms with Crippen LogP contribution in [0.1, 0.15) is 45.3 Å². The lowest BCUT2D eigenvalue weighted by Gasteiger charge is -2.20. The quantitative estimate of drug-likeness (QED) is 0.575. The van der Waals surface area contributed by atoms with E-state index in [1.807, 2.05) is 36.0 Å². The standard InChI is InChI=1S/C20H23N5O/c1-12(17-10-14-8-6-7-9-16(14)26-17)22-18-15-11-21-25(20(3,4)5)19(15)24-13(2)23-18/h6-12H,1-5H3,(H,22,23,24)/t12-/m0/s1. The first kappa shape index (κ1) is 16.6. The van der Waals surface area contributed by atoms with Gasteiger partial charge in [0.25, 0.3) is 0 Å². The van der Waals surface area contributed by atoms with E-state index < -0.39 is 0 Å². The van der Waals surface area contributed by atoms with Gasteiger partial charge in [0.15, 0.2) is 5.65 Å². The summed E-state index contributed by atoms with van der Waals surface area (Å²) in [5.41, 5.74) is 1.58. The van der Waals surface area contributed by atoms with Crippen LogP contribution in [0.5, 0.6) is 0 Å². The normalized spacial score (nSPS) is 13.4. The van der Waals surface area contributed by atoms with Crippen molar-refractivity contribution in [3.8, 4) is 0 Å². The van der Waals surface area contributed by atoms with Crippen LogP contribution in [0, 0.1) is 6.92 Å². The molecule has 0 spiro atoms. The molecule has 1 atom stereocenters. The van der Waals surface area contributed by atoms with Gasteiger partial charge in [-0.25, -0.2) is 14.6 Å². The molecule has 4 aromatic rings. The number of hydrogen-bond acceptors (Lipinski definition) is 5. The lowest BCUT2D eigenvalue weighted by molar-refractivity contribution is 0.365. The van der Waals surface area contributed by atoms with Gasteiger partial charge in [-0.3, -0.25) is 0 Å². The first-order chi connectivity index (χ1) is 12.3. The van der Waals surface area contributed by atoms with Gasteiger partial charge in [-0.15, -0.1) is 0 Å². The summed E-state index contributed by atoms with van der Waals surface area (Å²) >= 11 is 0. The van der Waals surface area contributed by atoms with Crippen LogP contribution in [0.15, 0.2) is 40.9 Å². The Balaban J connectivity index is 1.73. The molecule has 0 saturated heterocycles. The molecule has 1 N–H and O–H groups in total. The number of hydrogen-bond donors (Lipinski definition) is 1. The topological polar surface area (TPSA) is 68.8 Å². The third-order valence-electron chi connectivity index (χ3n) is 4.40. The Morgan fingerprint density at radius 3 is 2.65 bits per heavy atom. The maximum absolute atomic E-state index is 5.98. The number of fused-ring (bicyclic) bond motifs is 2. The van der Waals surface area contributed by atoms with Crippen molar-refractivity contribution in [1.82, 2.24) is 19.7 Å². The monoisotopic (exact) mass is 349 g/mol. The van der Waals surface area contributed by atoms with Crippen molar-refractivity contribution in [2.75, 3.05) is 5.32 Å². The van der Waals surface area contributed by atoms with E-state index >= 15 is 0 Å². The first-order valence-corrected chi connectivity index (χ1v) is 8.81. The van der Waals surface area contributed by atoms with Crippen molar-refractivity contribution in [2.45, 2.75) is 46.2 Å². The zero-order chi connectivity index (χ0) is 18.5. The number of benzene rings is 1. The van der Waals surface area contributed by atoms with E-state index in [1.165, 1.54) is 0 Å². The molecule has 3 aromatic heterocycles. The summed E-state index contributed by atoms with van der Waals surface area (Å²) in [6.07, 6.45) is 1.83. The summed E-state index contributed by atoms with van der Waals surface area (Å²) in [4.78, 5) is 9.20. The lowest BCUT2D eigenvalue weighted by atomic mass is 10.1. The van der Waals surface area contributed by atoms with Crippen LogP contribution < -0.4 is 5.32 Å². The molecule has 0 aliphatic rings. The van der Waals surface area contributed by atoms with Crippen molar-refractivity contribution in [3.05, 3.63) is 48.1 Å². The van der Waals surface area contributed by atoms with Crippen molar-refractivity contribution in [1.29, 1.82) is 0 Å². The number of anilines is 1. The highest BCUT2D eigenvalue weighted by Gasteiger charge is 2.21. The molecule has 0 amide bonds. The average Bonchev–Trinajstić information content (AvgIpc) is 3.17. The number of rotatable bonds is 3. The summed E-state index contributed by atoms with van der Waals surface area (Å²) in [5, 5.41) is 10.0. The van der Waals surface area contributed by atoms with Crippen molar-refractivity contribution in [3.63, 3.8) is 0 Å². The van der Waals surface area contributed by atoms with Gasteiger partial charge in [0, 0.05) is 5.39 Å². The Hall–Kier alpha value is -2.89. The minimum absolute atomic E-state index is 0.0297. The fourth-order valence-electron chi connectivity index (χ4n) is 3.11. The molecule has 3 heterocycles. The predicted octanol–water partition coefficient (Wildman–Crippen LogP) is 4.81. The highest BCUT2D eigenvalue weighted by atomic mass is 16.3. The molecule has 1 aromatic carbocycles. The summed E-state index contributed by atoms with van der Waals surface area (Å²) < 4.78 is 7.92. The summed E-state index contributed by atoms with van der Waals surface area (Å²) in [6, 6.07) is 10.1. The van der Waals surface area contributed by atoms with Crippen LogP contribution in [-0.4, -0.2) is 19.7 Å². The van der Waals surface area contributed by atoms with E-state index in [1.54, 1.807) is 0 Å². The molecule has 6 heteroatoms. The molecule has 0 aliphatic heterocycles. The highest BCUT2D eigenvalue weighted by Crippen LogP contribution is 2.29. The molecule has 134 valence electrons. The van der Waals surface area contributed by atoms with Crippen molar-refractivity contribution < 1.29 is 4.42 Å². The number of aromatic nitrogens is 4. The van der Waals surface area contributed by atoms with Crippen molar-refractivity contribution in [2.24, 2.45) is 0 Å². The second-order valence-corrected chi connectivity index (χ2v) is 7.64. The number of aryl methyl sites for hydroxylation is 1. The zero-order valence-electron chi connectivity index (χ0n) is 15.7. The van der Waals surface area contributed by atoms with E-state index in [9.17, 15) is 0 Å². The Morgan fingerprint density at radius 1 is 1.15 bits per heavy atom. The van der Waals surface area contributed by atoms with Gasteiger partial charge in [-0.2, -0.15) is 5.10 Å². The van der Waals surface area contributed by atoms with Crippen LogP contribution in [0.4, 0.5) is 5.82 Å². The molecular weight excluding hydrogens is 326 g/mol. The molecule has 6 nitrogen and oxygen atoms in total. The molecule has 0 unspecified atom stereocenters. The predicted molar refractivity (Wildman–Crippen MR) is 103 cm³/mol. The average molecular weight is 349 g/mol. The van der Waals surface area contributed by atoms with Crippen molar-refractivity contribution >= 4 is 27.8 Å². The van der Waals surface area contributed by atoms with Gasteiger partial charge in [0.2, 0.25) is 0 Å². The van der Waals surface area contributed by atoms with Gasteiger partial charge in [-0.05, 0) is 46.8 Å². The van der Waals surface area contributed by atoms with E-state index in [0.717, 1.165) is 33.6 Å². The fraction of sp³-hybridized carbons (Fsp3) is 0.350. The van der Waals surface area contributed by atoms with E-state index in [4.69, 9.17) is 4.42 Å². The van der Waals surface area contributed by atoms with Gasteiger partial charge >= 0.3 is 0 Å². The van der Waals surface area contributed by atoms with Gasteiger partial charge in [0.1, 0.15) is 23.0 Å². The van der Waals surface area contributed by atoms with E-state index in [-0.39, 0.29) is 11.6 Å². The Bertz CT molecular complexity index is 1050. The smallest absolute Gasteiger partial charge is 0.164 e.